The Morgan fingerprint density at radius 1 is 0.391 bits per heavy atom. The predicted molar refractivity (Wildman–Crippen MR) is 486 cm³/mol. The number of aliphatic hydroxyl groups is 7. The van der Waals surface area contributed by atoms with Gasteiger partial charge < -0.3 is 83.1 Å². The summed E-state index contributed by atoms with van der Waals surface area (Å²) in [5, 5.41) is 72.3. The number of carbonyl (C=O) groups excluding carboxylic acids is 4. The molecule has 20 fully saturated rings. The standard InChI is InChI=1S/C23H38O5.C23H38O4.C22H34O4.C20H32O5.C19H32O3/c1-15-5-8-21(3,17(13-15)14-24)18-6-9-22(4)19(20(18)28-16(2)25)7-10-23(22)26-11-12-27-23;1-15-5-8-20(2)16(13-15)14-22(4,24)27-19-17(20)6-9-21(3)18(19)7-10-23(21)25-11-12-26-23;1-14-4-7-20(2)15(12-14)13-18(23)26-19-16(20)5-8-21(3)17(19)6-9-22(21)24-10-11-25-22;1-12(22)25-18-15-4-5-17(24)20(15,3)9-7-16(18)19(2)8-6-14(23)10-13(19)11-21;1-12-4-5-15-17(22)16(7-9-18(12,15)2)19(3)8-6-14(21)10-13(19)11-20/h15,17-20,24H,5-14H2,1-4H3;15-19,24H,5-14H2,1-4H3;14-17,19H,4-13H2,1-3H3;13-16,18,21,23H,4-11H2,1-3H3;13-17,20-22H,1,4-11H2,2-3H3/t15-,17+,18?,19?,20+,21-,22-;15-,16?,17?,18?,19?,20-,21-,22?;14-,15?,16?,17?,19?,20-,21-;13-,14+,15?,16?,18+,19+,20+;13-,14+,15?,16?,17+,18-,19+/m00011/s1. The van der Waals surface area contributed by atoms with E-state index in [4.69, 9.17) is 47.4 Å². The summed E-state index contributed by atoms with van der Waals surface area (Å²) in [6.07, 6.45) is 35.5. The molecule has 15 unspecified atom stereocenters. The highest BCUT2D eigenvalue weighted by Gasteiger charge is 2.73. The van der Waals surface area contributed by atoms with E-state index in [1.165, 1.54) is 70.8 Å². The first-order valence-electron chi connectivity index (χ1n) is 52.2. The monoisotopic (exact) mass is 1800 g/mol. The minimum Gasteiger partial charge on any atom is -0.462 e. The molecule has 20 rings (SSSR count). The van der Waals surface area contributed by atoms with Crippen molar-refractivity contribution >= 4 is 23.7 Å². The summed E-state index contributed by atoms with van der Waals surface area (Å²) in [5.41, 5.74) is 1.21. The topological polar surface area (TPSA) is 302 Å². The van der Waals surface area contributed by atoms with Crippen molar-refractivity contribution in [2.24, 2.45) is 161 Å². The molecule has 36 atom stereocenters. The Bertz CT molecular complexity index is 3920. The maximum atomic E-state index is 12.8. The van der Waals surface area contributed by atoms with Gasteiger partial charge in [0.25, 0.3) is 0 Å². The minimum atomic E-state index is -1.02. The van der Waals surface area contributed by atoms with E-state index in [1.807, 2.05) is 13.8 Å². The van der Waals surface area contributed by atoms with Crippen molar-refractivity contribution in [3.8, 4) is 0 Å². The Morgan fingerprint density at radius 2 is 0.766 bits per heavy atom. The van der Waals surface area contributed by atoms with Crippen LogP contribution in [0.15, 0.2) is 12.2 Å². The van der Waals surface area contributed by atoms with Gasteiger partial charge in [-0.05, 0) is 290 Å². The van der Waals surface area contributed by atoms with Gasteiger partial charge in [-0.25, -0.2) is 0 Å². The summed E-state index contributed by atoms with van der Waals surface area (Å²) in [6.45, 7) is 43.8. The van der Waals surface area contributed by atoms with Crippen LogP contribution in [0.25, 0.3) is 0 Å². The second-order valence-corrected chi connectivity index (χ2v) is 49.7. The molecule has 128 heavy (non-hydrogen) atoms. The molecule has 5 aliphatic heterocycles. The van der Waals surface area contributed by atoms with E-state index in [0.29, 0.717) is 118 Å². The van der Waals surface area contributed by atoms with Crippen LogP contribution in [0.1, 0.15) is 348 Å². The van der Waals surface area contributed by atoms with E-state index in [9.17, 15) is 54.9 Å². The van der Waals surface area contributed by atoms with E-state index >= 15 is 0 Å². The number of ketones is 1. The third-order valence-corrected chi connectivity index (χ3v) is 43.7. The van der Waals surface area contributed by atoms with Crippen LogP contribution in [0.4, 0.5) is 0 Å². The number of allylic oxidation sites excluding steroid dienone is 1. The van der Waals surface area contributed by atoms with Gasteiger partial charge in [0, 0.05) is 129 Å². The molecule has 20 aliphatic rings. The predicted octanol–water partition coefficient (Wildman–Crippen LogP) is 18.1. The zero-order chi connectivity index (χ0) is 91.9. The molecule has 21 nitrogen and oxygen atoms in total. The molecular weight excluding hydrogens is 1620 g/mol. The van der Waals surface area contributed by atoms with E-state index < -0.39 is 23.1 Å². The van der Waals surface area contributed by atoms with E-state index in [0.717, 1.165) is 172 Å². The molecule has 0 bridgehead atoms. The third-order valence-electron chi connectivity index (χ3n) is 43.7. The lowest BCUT2D eigenvalue weighted by atomic mass is 9.51. The minimum absolute atomic E-state index is 0.000712. The fourth-order valence-corrected chi connectivity index (χ4v) is 35.2. The highest BCUT2D eigenvalue weighted by Crippen LogP contribution is 2.72. The van der Waals surface area contributed by atoms with Crippen molar-refractivity contribution in [1.29, 1.82) is 0 Å². The number of hydrogen-bond donors (Lipinski definition) is 7. The number of rotatable bonds is 8. The molecule has 7 N–H and O–H groups in total. The Labute approximate surface area is 768 Å². The quantitative estimate of drug-likeness (QED) is 0.0675. The van der Waals surface area contributed by atoms with Crippen LogP contribution in [-0.4, -0.2) is 185 Å². The van der Waals surface area contributed by atoms with Crippen LogP contribution in [0.5, 0.6) is 0 Å². The largest absolute Gasteiger partial charge is 0.462 e. The normalized spacial score (nSPS) is 51.5. The SMILES string of the molecule is C=C1CCC2[C@H](O)C([C@@]3(C)CC[C@H](O)C[C@@H]3CO)CC[C@]12C.CC(=O)O[C@H]1C2CCC(=O)[C@@]2(C)CCC1[C@@]1(C)CC[C@H](O)C[C@@H]1CO.CC(=O)O[C@H]1C2CCC3(OCCO3)[C@@]2(C)CCC1[C@@]1(C)CC[C@H](C)C[C@@H]1CO.C[C@H]1CC[C@@]2(C)C(C1)CC(C)(O)OC1C2CC[C@@]2(C)C1CCC21OCCO1.C[C@H]1CC[C@@]2(C)C(CC(=O)OC3C2CC[C@@]2(C)C3CCC23OCCO3)C1. The van der Waals surface area contributed by atoms with Gasteiger partial charge in [-0.1, -0.05) is 121 Å². The van der Waals surface area contributed by atoms with E-state index in [2.05, 4.69) is 89.7 Å². The van der Waals surface area contributed by atoms with Crippen molar-refractivity contribution in [1.82, 2.24) is 0 Å². The summed E-state index contributed by atoms with van der Waals surface area (Å²) < 4.78 is 62.0. The zero-order valence-corrected chi connectivity index (χ0v) is 82.0. The molecule has 15 saturated carbocycles. The molecule has 0 amide bonds. The Kier molecular flexibility index (Phi) is 28.1. The Morgan fingerprint density at radius 3 is 1.27 bits per heavy atom. The van der Waals surface area contributed by atoms with Crippen LogP contribution < -0.4 is 0 Å². The van der Waals surface area contributed by atoms with Gasteiger partial charge >= 0.3 is 17.9 Å². The molecule has 21 heteroatoms. The zero-order valence-electron chi connectivity index (χ0n) is 82.0. The summed E-state index contributed by atoms with van der Waals surface area (Å²) in [4.78, 5) is 49.2. The van der Waals surface area contributed by atoms with E-state index in [-0.39, 0.29) is 182 Å². The van der Waals surface area contributed by atoms with Crippen LogP contribution in [0.3, 0.4) is 0 Å². The average molecular weight is 1800 g/mol. The molecule has 0 aromatic heterocycles. The fourth-order valence-electron chi connectivity index (χ4n) is 35.2. The lowest BCUT2D eigenvalue weighted by molar-refractivity contribution is -0.282. The van der Waals surface area contributed by atoms with E-state index in [1.54, 1.807) is 0 Å². The number of ether oxygens (including phenoxy) is 10. The first kappa shape index (κ1) is 98.3. The molecule has 5 heterocycles. The first-order chi connectivity index (χ1) is 60.4. The van der Waals surface area contributed by atoms with Gasteiger partial charge in [0.2, 0.25) is 0 Å². The second-order valence-electron chi connectivity index (χ2n) is 49.7. The lowest BCUT2D eigenvalue weighted by Crippen LogP contribution is -2.58. The lowest BCUT2D eigenvalue weighted by Gasteiger charge is -2.57. The number of esters is 3. The van der Waals surface area contributed by atoms with Gasteiger partial charge in [0.15, 0.2) is 23.1 Å². The summed E-state index contributed by atoms with van der Waals surface area (Å²) >= 11 is 0. The third kappa shape index (κ3) is 16.6. The summed E-state index contributed by atoms with van der Waals surface area (Å²) in [6, 6.07) is 0. The van der Waals surface area contributed by atoms with Gasteiger partial charge in [-0.2, -0.15) is 0 Å². The summed E-state index contributed by atoms with van der Waals surface area (Å²) in [7, 11) is 0. The number of aliphatic hydroxyl groups excluding tert-OH is 6. The second kappa shape index (κ2) is 36.6. The molecule has 5 saturated heterocycles. The van der Waals surface area contributed by atoms with Gasteiger partial charge in [0.05, 0.1) is 64.1 Å². The first-order valence-corrected chi connectivity index (χ1v) is 52.2. The molecule has 0 aromatic rings. The molecule has 15 aliphatic carbocycles. The molecule has 0 aromatic carbocycles. The van der Waals surface area contributed by atoms with Crippen molar-refractivity contribution in [2.75, 3.05) is 59.5 Å². The average Bonchev–Trinajstić information content (AvgIpc) is 1.54. The summed E-state index contributed by atoms with van der Waals surface area (Å²) in [5.74, 6) is 4.22. The van der Waals surface area contributed by atoms with Gasteiger partial charge in [-0.15, -0.1) is 0 Å². The maximum Gasteiger partial charge on any atom is 0.306 e. The Balaban J connectivity index is 0.000000118. The van der Waals surface area contributed by atoms with Gasteiger partial charge in [-0.3, -0.25) is 19.2 Å². The molecular formula is C107H174O21. The van der Waals surface area contributed by atoms with Crippen LogP contribution in [0.2, 0.25) is 0 Å². The fraction of sp³-hybridized carbons (Fsp3) is 0.944. The number of fused-ring (bicyclic) bond motifs is 16. The van der Waals surface area contributed by atoms with Gasteiger partial charge in [0.1, 0.15) is 24.1 Å². The van der Waals surface area contributed by atoms with Crippen molar-refractivity contribution in [3.63, 3.8) is 0 Å². The maximum absolute atomic E-state index is 12.8. The van der Waals surface area contributed by atoms with Crippen molar-refractivity contribution < 1.29 is 102 Å². The molecule has 728 valence electrons. The van der Waals surface area contributed by atoms with Crippen LogP contribution in [0, 0.1) is 161 Å². The van der Waals surface area contributed by atoms with Crippen LogP contribution >= 0.6 is 0 Å². The van der Waals surface area contributed by atoms with Crippen molar-refractivity contribution in [3.05, 3.63) is 12.2 Å². The number of carbonyl (C=O) groups is 4. The smallest absolute Gasteiger partial charge is 0.306 e. The van der Waals surface area contributed by atoms with Crippen LogP contribution in [-0.2, 0) is 66.5 Å². The van der Waals surface area contributed by atoms with Crippen molar-refractivity contribution in [2.45, 2.75) is 414 Å². The Hall–Kier alpha value is -2.74. The highest BCUT2D eigenvalue weighted by atomic mass is 16.8. The molecule has 0 radical (unpaired) electrons. The number of Topliss-reactive ketones (excluding diaryl/α,β-unsaturated/α-hetero) is 1. The molecule has 3 spiro atoms. The highest BCUT2D eigenvalue weighted by molar-refractivity contribution is 5.87. The number of hydrogen-bond acceptors (Lipinski definition) is 21.